The van der Waals surface area contributed by atoms with E-state index in [1.807, 2.05) is 0 Å². The molecule has 1 rings (SSSR count). The lowest BCUT2D eigenvalue weighted by atomic mass is 10.0. The third-order valence-corrected chi connectivity index (χ3v) is 3.48. The molecule has 0 aliphatic rings. The normalized spacial score (nSPS) is 14.8. The van der Waals surface area contributed by atoms with E-state index in [0.29, 0.717) is 18.0 Å². The monoisotopic (exact) mass is 311 g/mol. The van der Waals surface area contributed by atoms with Crippen LogP contribution in [-0.4, -0.2) is 17.8 Å². The van der Waals surface area contributed by atoms with Crippen molar-refractivity contribution in [3.8, 4) is 0 Å². The average molecular weight is 312 g/mol. The number of halogens is 5. The van der Waals surface area contributed by atoms with Crippen LogP contribution in [0.2, 0.25) is 0 Å². The van der Waals surface area contributed by atoms with Gasteiger partial charge in [-0.25, -0.2) is 4.39 Å². The summed E-state index contributed by atoms with van der Waals surface area (Å²) in [6.45, 7) is 3.49. The predicted molar refractivity (Wildman–Crippen MR) is 68.2 cm³/mol. The molecule has 0 bridgehead atoms. The summed E-state index contributed by atoms with van der Waals surface area (Å²) in [5.74, 6) is -1.84. The highest BCUT2D eigenvalue weighted by Crippen LogP contribution is 2.31. The second kappa shape index (κ2) is 6.43. The zero-order valence-corrected chi connectivity index (χ0v) is 11.6. The van der Waals surface area contributed by atoms with Gasteiger partial charge in [-0.1, -0.05) is 6.92 Å². The molecule has 0 aliphatic carbocycles. The molecule has 0 radical (unpaired) electrons. The lowest BCUT2D eigenvalue weighted by Crippen LogP contribution is -2.37. The van der Waals surface area contributed by atoms with E-state index in [1.54, 1.807) is 13.8 Å². The molecule has 0 saturated carbocycles. The Morgan fingerprint density at radius 3 is 2.45 bits per heavy atom. The Balaban J connectivity index is 2.95. The van der Waals surface area contributed by atoms with Crippen LogP contribution in [0.25, 0.3) is 0 Å². The van der Waals surface area contributed by atoms with Crippen LogP contribution in [-0.2, 0) is 6.18 Å². The van der Waals surface area contributed by atoms with Crippen molar-refractivity contribution in [2.75, 3.05) is 5.88 Å². The molecule has 2 unspecified atom stereocenters. The van der Waals surface area contributed by atoms with Gasteiger partial charge in [-0.2, -0.15) is 13.2 Å². The van der Waals surface area contributed by atoms with E-state index >= 15 is 0 Å². The smallest absolute Gasteiger partial charge is 0.349 e. The Bertz CT molecular complexity index is 490. The number of hydrogen-bond acceptors (Lipinski definition) is 1. The zero-order chi connectivity index (χ0) is 15.5. The van der Waals surface area contributed by atoms with Gasteiger partial charge in [0.2, 0.25) is 0 Å². The SMILES string of the molecule is CC(CCl)C(C)NC(=O)c1ccc(F)c(C(F)(F)F)c1. The average Bonchev–Trinajstić information content (AvgIpc) is 2.36. The molecule has 0 heterocycles. The number of nitrogens with one attached hydrogen (secondary N) is 1. The molecule has 20 heavy (non-hydrogen) atoms. The molecular weight excluding hydrogens is 298 g/mol. The van der Waals surface area contributed by atoms with Crippen molar-refractivity contribution in [3.05, 3.63) is 35.1 Å². The summed E-state index contributed by atoms with van der Waals surface area (Å²) < 4.78 is 50.8. The number of rotatable bonds is 4. The van der Waals surface area contributed by atoms with Gasteiger partial charge in [0.25, 0.3) is 5.91 Å². The minimum atomic E-state index is -4.84. The first-order valence-electron chi connectivity index (χ1n) is 5.90. The number of alkyl halides is 4. The van der Waals surface area contributed by atoms with Crippen molar-refractivity contribution in [3.63, 3.8) is 0 Å². The van der Waals surface area contributed by atoms with E-state index in [9.17, 15) is 22.4 Å². The van der Waals surface area contributed by atoms with Crippen LogP contribution >= 0.6 is 11.6 Å². The maximum Gasteiger partial charge on any atom is 0.419 e. The predicted octanol–water partition coefficient (Wildman–Crippen LogP) is 3.84. The molecule has 1 aromatic carbocycles. The molecule has 1 aromatic rings. The van der Waals surface area contributed by atoms with E-state index in [1.165, 1.54) is 0 Å². The first-order chi connectivity index (χ1) is 9.16. The van der Waals surface area contributed by atoms with Gasteiger partial charge < -0.3 is 5.32 Å². The van der Waals surface area contributed by atoms with Gasteiger partial charge in [0, 0.05) is 17.5 Å². The van der Waals surface area contributed by atoms with Gasteiger partial charge in [-0.15, -0.1) is 11.6 Å². The Morgan fingerprint density at radius 1 is 1.35 bits per heavy atom. The highest BCUT2D eigenvalue weighted by molar-refractivity contribution is 6.18. The molecule has 7 heteroatoms. The lowest BCUT2D eigenvalue weighted by Gasteiger charge is -2.19. The molecule has 0 fully saturated rings. The highest BCUT2D eigenvalue weighted by atomic mass is 35.5. The minimum absolute atomic E-state index is 0.0387. The fourth-order valence-corrected chi connectivity index (χ4v) is 1.72. The number of carbonyl (C=O) groups excluding carboxylic acids is 1. The summed E-state index contributed by atoms with van der Waals surface area (Å²) in [6, 6.07) is 1.84. The Labute approximate surface area is 119 Å². The van der Waals surface area contributed by atoms with E-state index in [0.717, 1.165) is 6.07 Å². The van der Waals surface area contributed by atoms with Crippen molar-refractivity contribution in [1.82, 2.24) is 5.32 Å². The molecule has 0 aromatic heterocycles. The van der Waals surface area contributed by atoms with Crippen molar-refractivity contribution < 1.29 is 22.4 Å². The van der Waals surface area contributed by atoms with Crippen LogP contribution < -0.4 is 5.32 Å². The third-order valence-electron chi connectivity index (χ3n) is 2.99. The quantitative estimate of drug-likeness (QED) is 0.664. The summed E-state index contributed by atoms with van der Waals surface area (Å²) in [5.41, 5.74) is -1.70. The summed E-state index contributed by atoms with van der Waals surface area (Å²) in [4.78, 5) is 11.8. The molecule has 0 saturated heterocycles. The van der Waals surface area contributed by atoms with Crippen LogP contribution in [0.3, 0.4) is 0 Å². The first kappa shape index (κ1) is 16.8. The molecule has 0 spiro atoms. The van der Waals surface area contributed by atoms with Gasteiger partial charge in [0.1, 0.15) is 5.82 Å². The summed E-state index contributed by atoms with van der Waals surface area (Å²) in [5, 5.41) is 2.53. The number of benzene rings is 1. The molecule has 1 amide bonds. The van der Waals surface area contributed by atoms with Gasteiger partial charge >= 0.3 is 6.18 Å². The molecule has 112 valence electrons. The minimum Gasteiger partial charge on any atom is -0.349 e. The van der Waals surface area contributed by atoms with Crippen molar-refractivity contribution in [1.29, 1.82) is 0 Å². The zero-order valence-electron chi connectivity index (χ0n) is 10.9. The number of hydrogen-bond donors (Lipinski definition) is 1. The fourth-order valence-electron chi connectivity index (χ4n) is 1.45. The van der Waals surface area contributed by atoms with Gasteiger partial charge in [-0.05, 0) is 31.0 Å². The number of carbonyl (C=O) groups is 1. The maximum absolute atomic E-state index is 13.1. The molecule has 2 atom stereocenters. The van der Waals surface area contributed by atoms with Crippen molar-refractivity contribution >= 4 is 17.5 Å². The lowest BCUT2D eigenvalue weighted by molar-refractivity contribution is -0.140. The molecule has 2 nitrogen and oxygen atoms in total. The van der Waals surface area contributed by atoms with Crippen LogP contribution in [0.15, 0.2) is 18.2 Å². The van der Waals surface area contributed by atoms with E-state index in [-0.39, 0.29) is 17.5 Å². The van der Waals surface area contributed by atoms with Crippen molar-refractivity contribution in [2.24, 2.45) is 5.92 Å². The van der Waals surface area contributed by atoms with E-state index < -0.39 is 23.5 Å². The highest BCUT2D eigenvalue weighted by Gasteiger charge is 2.34. The Hall–Kier alpha value is -1.30. The second-order valence-electron chi connectivity index (χ2n) is 4.59. The third kappa shape index (κ3) is 4.10. The molecular formula is C13H14ClF4NO. The largest absolute Gasteiger partial charge is 0.419 e. The molecule has 1 N–H and O–H groups in total. The van der Waals surface area contributed by atoms with Crippen LogP contribution in [0.5, 0.6) is 0 Å². The maximum atomic E-state index is 13.1. The van der Waals surface area contributed by atoms with Crippen molar-refractivity contribution in [2.45, 2.75) is 26.1 Å². The first-order valence-corrected chi connectivity index (χ1v) is 6.43. The van der Waals surface area contributed by atoms with Gasteiger partial charge in [0.15, 0.2) is 0 Å². The summed E-state index contributed by atoms with van der Waals surface area (Å²) >= 11 is 5.63. The topological polar surface area (TPSA) is 29.1 Å². The standard InChI is InChI=1S/C13H14ClF4NO/c1-7(6-14)8(2)19-12(20)9-3-4-11(15)10(5-9)13(16,17)18/h3-5,7-8H,6H2,1-2H3,(H,19,20). The van der Waals surface area contributed by atoms with E-state index in [2.05, 4.69) is 5.32 Å². The number of amides is 1. The Kier molecular flexibility index (Phi) is 5.39. The van der Waals surface area contributed by atoms with Gasteiger partial charge in [-0.3, -0.25) is 4.79 Å². The fraction of sp³-hybridized carbons (Fsp3) is 0.462. The second-order valence-corrected chi connectivity index (χ2v) is 4.89. The van der Waals surface area contributed by atoms with E-state index in [4.69, 9.17) is 11.6 Å². The van der Waals surface area contributed by atoms with Crippen LogP contribution in [0.4, 0.5) is 17.6 Å². The van der Waals surface area contributed by atoms with Crippen LogP contribution in [0, 0.1) is 11.7 Å². The van der Waals surface area contributed by atoms with Gasteiger partial charge in [0.05, 0.1) is 5.56 Å². The summed E-state index contributed by atoms with van der Waals surface area (Å²) in [6.07, 6.45) is -4.84. The molecule has 0 aliphatic heterocycles. The van der Waals surface area contributed by atoms with Crippen LogP contribution in [0.1, 0.15) is 29.8 Å². The summed E-state index contributed by atoms with van der Waals surface area (Å²) in [7, 11) is 0. The Morgan fingerprint density at radius 2 is 1.95 bits per heavy atom.